The number of nitrogens with zero attached hydrogens (tertiary/aromatic N) is 1. The highest BCUT2D eigenvalue weighted by atomic mass is 16.5. The summed E-state index contributed by atoms with van der Waals surface area (Å²) in [7, 11) is 0. The Balaban J connectivity index is 1.60. The smallest absolute Gasteiger partial charge is 0.0507 e. The Bertz CT molecular complexity index is 184. The molecular formula is C13H26N2O. The zero-order valence-corrected chi connectivity index (χ0v) is 10.6. The lowest BCUT2D eigenvalue weighted by Gasteiger charge is -2.33. The molecule has 0 spiro atoms. The van der Waals surface area contributed by atoms with E-state index in [1.165, 1.54) is 51.9 Å². The van der Waals surface area contributed by atoms with Crippen molar-refractivity contribution in [1.82, 2.24) is 10.2 Å². The minimum atomic E-state index is 0.774. The van der Waals surface area contributed by atoms with Crippen molar-refractivity contribution in [2.75, 3.05) is 39.4 Å². The van der Waals surface area contributed by atoms with Crippen molar-refractivity contribution in [2.45, 2.75) is 38.6 Å². The molecule has 2 saturated heterocycles. The molecule has 0 aliphatic carbocycles. The summed E-state index contributed by atoms with van der Waals surface area (Å²) in [5.74, 6) is 0.806. The lowest BCUT2D eigenvalue weighted by molar-refractivity contribution is 0.147. The van der Waals surface area contributed by atoms with Crippen molar-refractivity contribution in [1.29, 1.82) is 0 Å². The third-order valence-corrected chi connectivity index (χ3v) is 3.81. The molecule has 1 unspecified atom stereocenters. The molecule has 1 N–H and O–H groups in total. The molecular weight excluding hydrogens is 200 g/mol. The van der Waals surface area contributed by atoms with Crippen LogP contribution in [0.2, 0.25) is 0 Å². The van der Waals surface area contributed by atoms with Gasteiger partial charge in [-0.15, -0.1) is 0 Å². The number of likely N-dealkylation sites (tertiary alicyclic amines) is 1. The highest BCUT2D eigenvalue weighted by molar-refractivity contribution is 4.79. The predicted molar refractivity (Wildman–Crippen MR) is 66.7 cm³/mol. The maximum atomic E-state index is 5.43. The third kappa shape index (κ3) is 3.72. The molecule has 2 heterocycles. The maximum Gasteiger partial charge on any atom is 0.0507 e. The van der Waals surface area contributed by atoms with Gasteiger partial charge in [-0.3, -0.25) is 0 Å². The van der Waals surface area contributed by atoms with Crippen molar-refractivity contribution in [3.63, 3.8) is 0 Å². The van der Waals surface area contributed by atoms with Crippen molar-refractivity contribution >= 4 is 0 Å². The quantitative estimate of drug-likeness (QED) is 0.768. The van der Waals surface area contributed by atoms with E-state index in [4.69, 9.17) is 4.74 Å². The largest absolute Gasteiger partial charge is 0.381 e. The maximum absolute atomic E-state index is 5.43. The second kappa shape index (κ2) is 6.58. The topological polar surface area (TPSA) is 24.5 Å². The first-order valence-corrected chi connectivity index (χ1v) is 6.92. The molecule has 0 aromatic carbocycles. The van der Waals surface area contributed by atoms with Gasteiger partial charge in [0.1, 0.15) is 0 Å². The summed E-state index contributed by atoms with van der Waals surface area (Å²) in [5.41, 5.74) is 0. The van der Waals surface area contributed by atoms with E-state index in [-0.39, 0.29) is 0 Å². The van der Waals surface area contributed by atoms with E-state index in [1.54, 1.807) is 0 Å². The first-order chi connectivity index (χ1) is 7.88. The standard InChI is InChI=1S/C13H26N2O/c1-2-6-14-13-3-7-15(8-4-13)10-12-5-9-16-11-12/h12-14H,2-11H2,1H3. The van der Waals surface area contributed by atoms with Crippen molar-refractivity contribution in [3.8, 4) is 0 Å². The molecule has 0 amide bonds. The van der Waals surface area contributed by atoms with E-state index >= 15 is 0 Å². The van der Waals surface area contributed by atoms with Gasteiger partial charge in [0.25, 0.3) is 0 Å². The van der Waals surface area contributed by atoms with Crippen LogP contribution in [0.3, 0.4) is 0 Å². The number of ether oxygens (including phenoxy) is 1. The Morgan fingerprint density at radius 1 is 1.25 bits per heavy atom. The summed E-state index contributed by atoms with van der Waals surface area (Å²) in [6.07, 6.45) is 5.18. The molecule has 2 fully saturated rings. The highest BCUT2D eigenvalue weighted by Crippen LogP contribution is 2.17. The third-order valence-electron chi connectivity index (χ3n) is 3.81. The van der Waals surface area contributed by atoms with E-state index < -0.39 is 0 Å². The van der Waals surface area contributed by atoms with Crippen LogP contribution in [0.15, 0.2) is 0 Å². The first-order valence-electron chi connectivity index (χ1n) is 6.92. The first kappa shape index (κ1) is 12.3. The monoisotopic (exact) mass is 226 g/mol. The number of rotatable bonds is 5. The van der Waals surface area contributed by atoms with Gasteiger partial charge in [0, 0.05) is 19.2 Å². The Morgan fingerprint density at radius 2 is 2.06 bits per heavy atom. The minimum Gasteiger partial charge on any atom is -0.381 e. The minimum absolute atomic E-state index is 0.774. The van der Waals surface area contributed by atoms with Gasteiger partial charge in [0.05, 0.1) is 6.61 Å². The average molecular weight is 226 g/mol. The van der Waals surface area contributed by atoms with E-state index in [1.807, 2.05) is 0 Å². The van der Waals surface area contributed by atoms with Crippen molar-refractivity contribution in [3.05, 3.63) is 0 Å². The van der Waals surface area contributed by atoms with E-state index in [0.717, 1.165) is 25.2 Å². The zero-order valence-electron chi connectivity index (χ0n) is 10.6. The fourth-order valence-corrected chi connectivity index (χ4v) is 2.76. The molecule has 0 aromatic rings. The Kier molecular flexibility index (Phi) is 5.07. The van der Waals surface area contributed by atoms with E-state index in [2.05, 4.69) is 17.1 Å². The summed E-state index contributed by atoms with van der Waals surface area (Å²) in [5, 5.41) is 3.63. The summed E-state index contributed by atoms with van der Waals surface area (Å²) in [6.45, 7) is 9.22. The van der Waals surface area contributed by atoms with E-state index in [0.29, 0.717) is 0 Å². The summed E-state index contributed by atoms with van der Waals surface area (Å²) in [6, 6.07) is 0.774. The number of hydrogen-bond acceptors (Lipinski definition) is 3. The molecule has 0 bridgehead atoms. The predicted octanol–water partition coefficient (Wildman–Crippen LogP) is 1.49. The molecule has 3 heteroatoms. The van der Waals surface area contributed by atoms with Crippen LogP contribution in [0.25, 0.3) is 0 Å². The van der Waals surface area contributed by atoms with Crippen LogP contribution >= 0.6 is 0 Å². The molecule has 0 aromatic heterocycles. The Labute approximate surface area is 99.5 Å². The number of nitrogens with one attached hydrogen (secondary N) is 1. The molecule has 0 radical (unpaired) electrons. The second-order valence-corrected chi connectivity index (χ2v) is 5.26. The fourth-order valence-electron chi connectivity index (χ4n) is 2.76. The summed E-state index contributed by atoms with van der Waals surface area (Å²) < 4.78 is 5.43. The van der Waals surface area contributed by atoms with Gasteiger partial charge in [0.2, 0.25) is 0 Å². The van der Waals surface area contributed by atoms with Gasteiger partial charge in [0.15, 0.2) is 0 Å². The average Bonchev–Trinajstić information content (AvgIpc) is 2.81. The fraction of sp³-hybridized carbons (Fsp3) is 1.00. The lowest BCUT2D eigenvalue weighted by Crippen LogP contribution is -2.44. The van der Waals surface area contributed by atoms with Crippen LogP contribution in [-0.2, 0) is 4.74 Å². The molecule has 94 valence electrons. The summed E-state index contributed by atoms with van der Waals surface area (Å²) >= 11 is 0. The van der Waals surface area contributed by atoms with Crippen LogP contribution in [0.4, 0.5) is 0 Å². The Hall–Kier alpha value is -0.120. The van der Waals surface area contributed by atoms with Crippen LogP contribution in [0.1, 0.15) is 32.6 Å². The van der Waals surface area contributed by atoms with Crippen LogP contribution in [-0.4, -0.2) is 50.3 Å². The van der Waals surface area contributed by atoms with Gasteiger partial charge < -0.3 is 15.0 Å². The second-order valence-electron chi connectivity index (χ2n) is 5.26. The SMILES string of the molecule is CCCNC1CCN(CC2CCOC2)CC1. The van der Waals surface area contributed by atoms with Gasteiger partial charge in [-0.05, 0) is 51.2 Å². The van der Waals surface area contributed by atoms with Crippen molar-refractivity contribution in [2.24, 2.45) is 5.92 Å². The van der Waals surface area contributed by atoms with Gasteiger partial charge in [-0.2, -0.15) is 0 Å². The van der Waals surface area contributed by atoms with Gasteiger partial charge >= 0.3 is 0 Å². The molecule has 2 aliphatic rings. The molecule has 2 aliphatic heterocycles. The molecule has 0 saturated carbocycles. The molecule has 1 atom stereocenters. The van der Waals surface area contributed by atoms with Crippen LogP contribution in [0.5, 0.6) is 0 Å². The van der Waals surface area contributed by atoms with Gasteiger partial charge in [-0.25, -0.2) is 0 Å². The summed E-state index contributed by atoms with van der Waals surface area (Å²) in [4.78, 5) is 2.63. The van der Waals surface area contributed by atoms with E-state index in [9.17, 15) is 0 Å². The number of hydrogen-bond donors (Lipinski definition) is 1. The normalized spacial score (nSPS) is 28.7. The van der Waals surface area contributed by atoms with Crippen molar-refractivity contribution < 1.29 is 4.74 Å². The van der Waals surface area contributed by atoms with Crippen LogP contribution in [0, 0.1) is 5.92 Å². The number of piperidine rings is 1. The zero-order chi connectivity index (χ0) is 11.2. The van der Waals surface area contributed by atoms with Crippen LogP contribution < -0.4 is 5.32 Å². The highest BCUT2D eigenvalue weighted by Gasteiger charge is 2.23. The molecule has 16 heavy (non-hydrogen) atoms. The molecule has 3 nitrogen and oxygen atoms in total. The van der Waals surface area contributed by atoms with Gasteiger partial charge in [-0.1, -0.05) is 6.92 Å². The lowest BCUT2D eigenvalue weighted by atomic mass is 10.0. The molecule has 2 rings (SSSR count). The Morgan fingerprint density at radius 3 is 2.69 bits per heavy atom.